The molecule has 2 N–H and O–H groups in total. The highest BCUT2D eigenvalue weighted by Crippen LogP contribution is 2.49. The molecule has 0 spiro atoms. The monoisotopic (exact) mass is 215 g/mol. The highest BCUT2D eigenvalue weighted by molar-refractivity contribution is 5.72. The van der Waals surface area contributed by atoms with Gasteiger partial charge in [-0.2, -0.15) is 0 Å². The Kier molecular flexibility index (Phi) is 3.15. The summed E-state index contributed by atoms with van der Waals surface area (Å²) < 4.78 is 0. The van der Waals surface area contributed by atoms with Gasteiger partial charge in [0.15, 0.2) is 0 Å². The molecule has 0 unspecified atom stereocenters. The summed E-state index contributed by atoms with van der Waals surface area (Å²) in [5.41, 5.74) is 10.9. The number of rotatable bonds is 1. The minimum Gasteiger partial charge on any atom is -0.325 e. The minimum atomic E-state index is 0.174. The third kappa shape index (κ3) is 1.92. The topological polar surface area (TPSA) is 26.0 Å². The second kappa shape index (κ2) is 4.42. The van der Waals surface area contributed by atoms with Gasteiger partial charge in [0.2, 0.25) is 0 Å². The molecular formula is C15H21N. The quantitative estimate of drug-likeness (QED) is 0.758. The summed E-state index contributed by atoms with van der Waals surface area (Å²) in [6, 6.07) is 10.7. The van der Waals surface area contributed by atoms with Gasteiger partial charge < -0.3 is 5.73 Å². The first-order chi connectivity index (χ1) is 7.77. The van der Waals surface area contributed by atoms with Crippen LogP contribution >= 0.6 is 0 Å². The Hall–Kier alpha value is -1.08. The van der Waals surface area contributed by atoms with Crippen molar-refractivity contribution in [3.8, 4) is 0 Å². The first kappa shape index (κ1) is 11.4. The lowest BCUT2D eigenvalue weighted by molar-refractivity contribution is 0.296. The van der Waals surface area contributed by atoms with Crippen LogP contribution in [-0.4, -0.2) is 5.54 Å². The fourth-order valence-corrected chi connectivity index (χ4v) is 2.73. The van der Waals surface area contributed by atoms with Crippen molar-refractivity contribution in [3.05, 3.63) is 41.5 Å². The van der Waals surface area contributed by atoms with E-state index in [2.05, 4.69) is 30.3 Å². The van der Waals surface area contributed by atoms with E-state index in [1.165, 1.54) is 18.4 Å². The lowest BCUT2D eigenvalue weighted by Crippen LogP contribution is -2.50. The number of hydrogen-bond acceptors (Lipinski definition) is 1. The molecule has 4 rings (SSSR count). The van der Waals surface area contributed by atoms with Gasteiger partial charge >= 0.3 is 0 Å². The van der Waals surface area contributed by atoms with Gasteiger partial charge in [-0.15, -0.1) is 0 Å². The molecule has 2 bridgehead atoms. The molecule has 0 amide bonds. The van der Waals surface area contributed by atoms with Crippen LogP contribution in [-0.2, 0) is 0 Å². The van der Waals surface area contributed by atoms with Gasteiger partial charge in [0.25, 0.3) is 0 Å². The van der Waals surface area contributed by atoms with Crippen LogP contribution in [0.1, 0.15) is 45.1 Å². The molecule has 3 aliphatic rings. The average molecular weight is 215 g/mol. The molecule has 1 aromatic carbocycles. The van der Waals surface area contributed by atoms with E-state index in [1.54, 1.807) is 11.1 Å². The molecule has 86 valence electrons. The largest absolute Gasteiger partial charge is 0.325 e. The average Bonchev–Trinajstić information content (AvgIpc) is 2.32. The van der Waals surface area contributed by atoms with E-state index in [1.807, 2.05) is 13.8 Å². The van der Waals surface area contributed by atoms with Crippen LogP contribution in [0.2, 0.25) is 0 Å². The first-order valence-corrected chi connectivity index (χ1v) is 6.32. The fourth-order valence-electron chi connectivity index (χ4n) is 2.73. The fraction of sp³-hybridized carbons (Fsp3) is 0.467. The van der Waals surface area contributed by atoms with Crippen LogP contribution in [0.3, 0.4) is 0 Å². The summed E-state index contributed by atoms with van der Waals surface area (Å²) in [6.07, 6.45) is 4.62. The van der Waals surface area contributed by atoms with Crippen molar-refractivity contribution < 1.29 is 0 Å². The normalized spacial score (nSPS) is 20.7. The van der Waals surface area contributed by atoms with E-state index in [-0.39, 0.29) is 5.54 Å². The van der Waals surface area contributed by atoms with Crippen molar-refractivity contribution in [2.45, 2.75) is 45.1 Å². The van der Waals surface area contributed by atoms with E-state index in [0.717, 1.165) is 12.8 Å². The molecule has 0 aromatic heterocycles. The van der Waals surface area contributed by atoms with Crippen molar-refractivity contribution in [1.29, 1.82) is 0 Å². The summed E-state index contributed by atoms with van der Waals surface area (Å²) in [5, 5.41) is 0. The maximum absolute atomic E-state index is 6.15. The van der Waals surface area contributed by atoms with Crippen LogP contribution in [0.25, 0.3) is 5.57 Å². The van der Waals surface area contributed by atoms with E-state index in [0.29, 0.717) is 0 Å². The van der Waals surface area contributed by atoms with Crippen molar-refractivity contribution in [3.63, 3.8) is 0 Å². The molecule has 1 aromatic rings. The molecule has 1 fully saturated rings. The van der Waals surface area contributed by atoms with Crippen LogP contribution in [0.4, 0.5) is 0 Å². The summed E-state index contributed by atoms with van der Waals surface area (Å²) >= 11 is 0. The second-order valence-corrected chi connectivity index (χ2v) is 4.66. The third-order valence-corrected chi connectivity index (χ3v) is 3.55. The van der Waals surface area contributed by atoms with Gasteiger partial charge in [0.1, 0.15) is 0 Å². The smallest absolute Gasteiger partial charge is 0.0233 e. The standard InChI is InChI=1S/C13H15N.C2H6/c14-13-7-6-12(11(8-13)9-13)10-4-2-1-3-5-10;1-2/h1-5H,6-9,14H2;1-2H3. The van der Waals surface area contributed by atoms with Crippen LogP contribution in [0, 0.1) is 0 Å². The molecule has 16 heavy (non-hydrogen) atoms. The van der Waals surface area contributed by atoms with Crippen LogP contribution in [0.5, 0.6) is 0 Å². The van der Waals surface area contributed by atoms with Gasteiger partial charge in [-0.05, 0) is 36.8 Å². The number of allylic oxidation sites excluding steroid dienone is 1. The Morgan fingerprint density at radius 3 is 2.19 bits per heavy atom. The van der Waals surface area contributed by atoms with Crippen molar-refractivity contribution >= 4 is 5.57 Å². The lowest BCUT2D eigenvalue weighted by Gasteiger charge is -2.47. The molecule has 0 heterocycles. The maximum Gasteiger partial charge on any atom is 0.0233 e. The van der Waals surface area contributed by atoms with Crippen molar-refractivity contribution in [2.24, 2.45) is 5.73 Å². The Labute approximate surface area is 98.4 Å². The number of hydrogen-bond donors (Lipinski definition) is 1. The Morgan fingerprint density at radius 2 is 1.69 bits per heavy atom. The Balaban J connectivity index is 0.000000457. The predicted molar refractivity (Wildman–Crippen MR) is 70.1 cm³/mol. The number of benzene rings is 1. The Morgan fingerprint density at radius 1 is 1.06 bits per heavy atom. The molecular weight excluding hydrogens is 194 g/mol. The highest BCUT2D eigenvalue weighted by Gasteiger charge is 2.41. The zero-order valence-electron chi connectivity index (χ0n) is 10.3. The second-order valence-electron chi connectivity index (χ2n) is 4.66. The molecule has 1 nitrogen and oxygen atoms in total. The molecule has 0 aliphatic heterocycles. The van der Waals surface area contributed by atoms with E-state index in [4.69, 9.17) is 5.73 Å². The summed E-state index contributed by atoms with van der Waals surface area (Å²) in [7, 11) is 0. The molecule has 0 saturated heterocycles. The maximum atomic E-state index is 6.15. The lowest BCUT2D eigenvalue weighted by atomic mass is 9.62. The number of fused-ring (bicyclic) bond motifs is 2. The van der Waals surface area contributed by atoms with E-state index >= 15 is 0 Å². The summed E-state index contributed by atoms with van der Waals surface area (Å²) in [6.45, 7) is 4.00. The van der Waals surface area contributed by atoms with Crippen molar-refractivity contribution in [1.82, 2.24) is 0 Å². The van der Waals surface area contributed by atoms with Gasteiger partial charge in [0, 0.05) is 5.54 Å². The van der Waals surface area contributed by atoms with E-state index < -0.39 is 0 Å². The van der Waals surface area contributed by atoms with Gasteiger partial charge in [-0.25, -0.2) is 0 Å². The van der Waals surface area contributed by atoms with Crippen LogP contribution in [0.15, 0.2) is 35.9 Å². The predicted octanol–water partition coefficient (Wildman–Crippen LogP) is 3.75. The zero-order valence-corrected chi connectivity index (χ0v) is 10.3. The third-order valence-electron chi connectivity index (χ3n) is 3.55. The van der Waals surface area contributed by atoms with Crippen molar-refractivity contribution in [2.75, 3.05) is 0 Å². The SMILES string of the molecule is CC.NC12CCC(c3ccccc3)=C(C1)C2. The summed E-state index contributed by atoms with van der Waals surface area (Å²) in [5.74, 6) is 0. The molecule has 0 atom stereocenters. The van der Waals surface area contributed by atoms with Gasteiger partial charge in [0.05, 0.1) is 0 Å². The van der Waals surface area contributed by atoms with E-state index in [9.17, 15) is 0 Å². The van der Waals surface area contributed by atoms with Crippen LogP contribution < -0.4 is 5.73 Å². The molecule has 1 saturated carbocycles. The Bertz CT molecular complexity index is 381. The highest BCUT2D eigenvalue weighted by atomic mass is 14.8. The molecule has 3 aliphatic carbocycles. The number of nitrogens with two attached hydrogens (primary N) is 1. The van der Waals surface area contributed by atoms with Gasteiger partial charge in [-0.1, -0.05) is 49.8 Å². The molecule has 0 radical (unpaired) electrons. The molecule has 1 heteroatoms. The first-order valence-electron chi connectivity index (χ1n) is 6.32. The van der Waals surface area contributed by atoms with Gasteiger partial charge in [-0.3, -0.25) is 0 Å². The zero-order chi connectivity index (χ0) is 11.6. The minimum absolute atomic E-state index is 0.174. The summed E-state index contributed by atoms with van der Waals surface area (Å²) in [4.78, 5) is 0.